The minimum atomic E-state index is -0.712. The highest BCUT2D eigenvalue weighted by molar-refractivity contribution is 7.13. The highest BCUT2D eigenvalue weighted by Crippen LogP contribution is 2.29. The van der Waals surface area contributed by atoms with Gasteiger partial charge in [-0.25, -0.2) is 4.98 Å². The Hall–Kier alpha value is -1.14. The molecule has 0 unspecified atom stereocenters. The Bertz CT molecular complexity index is 424. The molecule has 0 aliphatic carbocycles. The molecule has 0 atom stereocenters. The predicted molar refractivity (Wildman–Crippen MR) is 66.6 cm³/mol. The summed E-state index contributed by atoms with van der Waals surface area (Å²) in [4.78, 5) is 17.6. The van der Waals surface area contributed by atoms with E-state index in [2.05, 4.69) is 4.98 Å². The number of nitrogens with two attached hydrogens (primary N) is 1. The normalized spacial score (nSPS) is 18.2. The Morgan fingerprint density at radius 2 is 2.35 bits per heavy atom. The largest absolute Gasteiger partial charge is 0.386 e. The number of β-amino-alcohol motifs (C(OH)–C–C–N with tert-alkyl or cyclic N) is 1. The molecule has 0 spiro atoms. The Morgan fingerprint density at radius 3 is 2.82 bits per heavy atom. The Kier molecular flexibility index (Phi) is 3.09. The SMILES string of the molecule is CC(C)C1(O)CN(C(=O)Cc2csc(N)n2)C1. The van der Waals surface area contributed by atoms with Gasteiger partial charge in [0.05, 0.1) is 25.2 Å². The molecule has 2 heterocycles. The molecule has 0 radical (unpaired) electrons. The van der Waals surface area contributed by atoms with Crippen LogP contribution in [0.1, 0.15) is 19.5 Å². The van der Waals surface area contributed by atoms with Gasteiger partial charge in [-0.3, -0.25) is 4.79 Å². The number of carbonyl (C=O) groups excluding carboxylic acids is 1. The summed E-state index contributed by atoms with van der Waals surface area (Å²) in [6, 6.07) is 0. The van der Waals surface area contributed by atoms with E-state index in [0.29, 0.717) is 23.9 Å². The van der Waals surface area contributed by atoms with Crippen LogP contribution in [0.25, 0.3) is 0 Å². The molecular formula is C11H17N3O2S. The standard InChI is InChI=1S/C11H17N3O2S/c1-7(2)11(16)5-14(6-11)9(15)3-8-4-17-10(12)13-8/h4,7,16H,3,5-6H2,1-2H3,(H2,12,13). The lowest BCUT2D eigenvalue weighted by Crippen LogP contribution is -2.66. The molecule has 94 valence electrons. The average molecular weight is 255 g/mol. The van der Waals surface area contributed by atoms with Crippen molar-refractivity contribution in [3.63, 3.8) is 0 Å². The molecule has 1 aromatic heterocycles. The maximum atomic E-state index is 11.9. The maximum Gasteiger partial charge on any atom is 0.228 e. The first-order valence-electron chi connectivity index (χ1n) is 5.61. The van der Waals surface area contributed by atoms with Gasteiger partial charge < -0.3 is 15.7 Å². The van der Waals surface area contributed by atoms with Crippen molar-refractivity contribution in [3.05, 3.63) is 11.1 Å². The molecule has 5 nitrogen and oxygen atoms in total. The van der Waals surface area contributed by atoms with Crippen molar-refractivity contribution in [2.24, 2.45) is 5.92 Å². The number of hydrogen-bond acceptors (Lipinski definition) is 5. The molecular weight excluding hydrogens is 238 g/mol. The number of amides is 1. The zero-order valence-electron chi connectivity index (χ0n) is 10.0. The molecule has 1 saturated heterocycles. The fourth-order valence-corrected chi connectivity index (χ4v) is 2.39. The van der Waals surface area contributed by atoms with E-state index >= 15 is 0 Å². The van der Waals surface area contributed by atoms with E-state index in [1.165, 1.54) is 11.3 Å². The number of nitrogens with zero attached hydrogens (tertiary/aromatic N) is 2. The third-order valence-electron chi connectivity index (χ3n) is 3.26. The Morgan fingerprint density at radius 1 is 1.71 bits per heavy atom. The number of aliphatic hydroxyl groups is 1. The summed E-state index contributed by atoms with van der Waals surface area (Å²) in [6.07, 6.45) is 0.266. The van der Waals surface area contributed by atoms with Crippen LogP contribution in [0, 0.1) is 5.92 Å². The number of anilines is 1. The van der Waals surface area contributed by atoms with Crippen molar-refractivity contribution < 1.29 is 9.90 Å². The minimum Gasteiger partial charge on any atom is -0.386 e. The van der Waals surface area contributed by atoms with Crippen LogP contribution < -0.4 is 5.73 Å². The van der Waals surface area contributed by atoms with Crippen LogP contribution in [-0.4, -0.2) is 39.6 Å². The first-order chi connectivity index (χ1) is 7.90. The fourth-order valence-electron chi connectivity index (χ4n) is 1.83. The molecule has 0 aromatic carbocycles. The summed E-state index contributed by atoms with van der Waals surface area (Å²) < 4.78 is 0. The number of aromatic nitrogens is 1. The van der Waals surface area contributed by atoms with E-state index in [9.17, 15) is 9.90 Å². The molecule has 0 bridgehead atoms. The molecule has 17 heavy (non-hydrogen) atoms. The van der Waals surface area contributed by atoms with Gasteiger partial charge in [0.25, 0.3) is 0 Å². The number of rotatable bonds is 3. The fraction of sp³-hybridized carbons (Fsp3) is 0.636. The Labute approximate surface area is 104 Å². The molecule has 1 aliphatic rings. The lowest BCUT2D eigenvalue weighted by Gasteiger charge is -2.49. The third kappa shape index (κ3) is 2.42. The van der Waals surface area contributed by atoms with Crippen LogP contribution in [0.15, 0.2) is 5.38 Å². The topological polar surface area (TPSA) is 79.5 Å². The lowest BCUT2D eigenvalue weighted by molar-refractivity contribution is -0.163. The van der Waals surface area contributed by atoms with E-state index in [-0.39, 0.29) is 18.2 Å². The first-order valence-corrected chi connectivity index (χ1v) is 6.49. The van der Waals surface area contributed by atoms with Gasteiger partial charge in [0.15, 0.2) is 5.13 Å². The third-order valence-corrected chi connectivity index (χ3v) is 3.98. The van der Waals surface area contributed by atoms with Gasteiger partial charge in [0.2, 0.25) is 5.91 Å². The van der Waals surface area contributed by atoms with Gasteiger partial charge >= 0.3 is 0 Å². The molecule has 0 saturated carbocycles. The maximum absolute atomic E-state index is 11.9. The zero-order valence-corrected chi connectivity index (χ0v) is 10.8. The second-order valence-corrected chi connectivity index (χ2v) is 5.75. The quantitative estimate of drug-likeness (QED) is 0.824. The summed E-state index contributed by atoms with van der Waals surface area (Å²) in [5, 5.41) is 12.3. The summed E-state index contributed by atoms with van der Waals surface area (Å²) in [6.45, 7) is 4.76. The van der Waals surface area contributed by atoms with Gasteiger partial charge in [-0.05, 0) is 5.92 Å². The summed E-state index contributed by atoms with van der Waals surface area (Å²) >= 11 is 1.33. The number of hydrogen-bond donors (Lipinski definition) is 2. The van der Waals surface area contributed by atoms with E-state index in [4.69, 9.17) is 5.73 Å². The van der Waals surface area contributed by atoms with Gasteiger partial charge in [0.1, 0.15) is 5.60 Å². The van der Waals surface area contributed by atoms with Crippen molar-refractivity contribution >= 4 is 22.4 Å². The zero-order chi connectivity index (χ0) is 12.6. The van der Waals surface area contributed by atoms with Crippen LogP contribution >= 0.6 is 11.3 Å². The number of carbonyl (C=O) groups is 1. The van der Waals surface area contributed by atoms with Gasteiger partial charge in [-0.2, -0.15) is 0 Å². The molecule has 1 aromatic rings. The number of nitrogen functional groups attached to an aromatic ring is 1. The summed E-state index contributed by atoms with van der Waals surface area (Å²) in [5.41, 5.74) is 5.50. The van der Waals surface area contributed by atoms with Crippen molar-refractivity contribution in [2.45, 2.75) is 25.9 Å². The average Bonchev–Trinajstić information content (AvgIpc) is 2.58. The summed E-state index contributed by atoms with van der Waals surface area (Å²) in [5.74, 6) is 0.169. The van der Waals surface area contributed by atoms with Crippen molar-refractivity contribution in [1.82, 2.24) is 9.88 Å². The van der Waals surface area contributed by atoms with Crippen molar-refractivity contribution in [1.29, 1.82) is 0 Å². The van der Waals surface area contributed by atoms with Crippen LogP contribution in [0.4, 0.5) is 5.13 Å². The van der Waals surface area contributed by atoms with Gasteiger partial charge in [0, 0.05) is 5.38 Å². The highest BCUT2D eigenvalue weighted by atomic mass is 32.1. The minimum absolute atomic E-state index is 0.000579. The van der Waals surface area contributed by atoms with Gasteiger partial charge in [-0.15, -0.1) is 11.3 Å². The lowest BCUT2D eigenvalue weighted by atomic mass is 9.83. The molecule has 3 N–H and O–H groups in total. The van der Waals surface area contributed by atoms with Gasteiger partial charge in [-0.1, -0.05) is 13.8 Å². The first kappa shape index (κ1) is 12.3. The number of thiazole rings is 1. The second kappa shape index (κ2) is 4.27. The molecule has 1 fully saturated rings. The smallest absolute Gasteiger partial charge is 0.228 e. The molecule has 1 aliphatic heterocycles. The Balaban J connectivity index is 1.88. The monoisotopic (exact) mass is 255 g/mol. The van der Waals surface area contributed by atoms with Crippen LogP contribution in [-0.2, 0) is 11.2 Å². The molecule has 1 amide bonds. The second-order valence-electron chi connectivity index (χ2n) is 4.86. The summed E-state index contributed by atoms with van der Waals surface area (Å²) in [7, 11) is 0. The van der Waals surface area contributed by atoms with E-state index in [1.54, 1.807) is 10.3 Å². The van der Waals surface area contributed by atoms with Crippen LogP contribution in [0.5, 0.6) is 0 Å². The van der Waals surface area contributed by atoms with E-state index < -0.39 is 5.60 Å². The number of likely N-dealkylation sites (tertiary alicyclic amines) is 1. The van der Waals surface area contributed by atoms with E-state index in [0.717, 1.165) is 0 Å². The van der Waals surface area contributed by atoms with Crippen molar-refractivity contribution in [3.8, 4) is 0 Å². The molecule has 2 rings (SSSR count). The van der Waals surface area contributed by atoms with Crippen LogP contribution in [0.3, 0.4) is 0 Å². The van der Waals surface area contributed by atoms with Crippen molar-refractivity contribution in [2.75, 3.05) is 18.8 Å². The van der Waals surface area contributed by atoms with Crippen LogP contribution in [0.2, 0.25) is 0 Å². The molecule has 6 heteroatoms. The predicted octanol–water partition coefficient (Wildman–Crippen LogP) is 0.497. The van der Waals surface area contributed by atoms with E-state index in [1.807, 2.05) is 13.8 Å². The highest BCUT2D eigenvalue weighted by Gasteiger charge is 2.45.